The third-order valence-electron chi connectivity index (χ3n) is 2.91. The van der Waals surface area contributed by atoms with Gasteiger partial charge in [-0.15, -0.1) is 0 Å². The van der Waals surface area contributed by atoms with Gasteiger partial charge in [0.15, 0.2) is 0 Å². The second-order valence-corrected chi connectivity index (χ2v) is 5.85. The molecule has 0 heterocycles. The average molecular weight is 314 g/mol. The zero-order valence-electron chi connectivity index (χ0n) is 11.6. The first-order chi connectivity index (χ1) is 8.61. The first kappa shape index (κ1) is 15.7. The molecule has 2 nitrogen and oxygen atoms in total. The van der Waals surface area contributed by atoms with Gasteiger partial charge in [0.2, 0.25) is 0 Å². The fraction of sp³-hybridized carbons (Fsp3) is 0.600. The molecule has 1 aromatic carbocycles. The number of ether oxygens (including phenoxy) is 1. The summed E-state index contributed by atoms with van der Waals surface area (Å²) in [7, 11) is 0. The minimum Gasteiger partial charge on any atom is -0.380 e. The van der Waals surface area contributed by atoms with E-state index in [0.29, 0.717) is 6.04 Å². The Labute approximate surface area is 119 Å². The Balaban J connectivity index is 2.18. The number of benzene rings is 1. The van der Waals surface area contributed by atoms with Crippen LogP contribution in [0.5, 0.6) is 0 Å². The summed E-state index contributed by atoms with van der Waals surface area (Å²) in [6.07, 6.45) is 1.14. The molecule has 0 fully saturated rings. The Morgan fingerprint density at radius 2 is 1.89 bits per heavy atom. The highest BCUT2D eigenvalue weighted by Gasteiger charge is 2.07. The van der Waals surface area contributed by atoms with Gasteiger partial charge in [-0.25, -0.2) is 0 Å². The SMILES string of the molecule is CC(C)CCOCCNC(C)c1ccccc1Br. The minimum absolute atomic E-state index is 0.342. The van der Waals surface area contributed by atoms with Crippen LogP contribution in [0.1, 0.15) is 38.8 Å². The van der Waals surface area contributed by atoms with Gasteiger partial charge in [-0.05, 0) is 30.9 Å². The van der Waals surface area contributed by atoms with Crippen molar-refractivity contribution in [3.63, 3.8) is 0 Å². The fourth-order valence-corrected chi connectivity index (χ4v) is 2.33. The summed E-state index contributed by atoms with van der Waals surface area (Å²) in [5, 5.41) is 3.47. The molecular formula is C15H24BrNO. The van der Waals surface area contributed by atoms with E-state index < -0.39 is 0 Å². The lowest BCUT2D eigenvalue weighted by Crippen LogP contribution is -2.23. The van der Waals surface area contributed by atoms with E-state index in [9.17, 15) is 0 Å². The molecule has 0 saturated carbocycles. The quantitative estimate of drug-likeness (QED) is 0.727. The van der Waals surface area contributed by atoms with Crippen molar-refractivity contribution < 1.29 is 4.74 Å². The maximum absolute atomic E-state index is 5.59. The molecule has 0 saturated heterocycles. The molecule has 1 atom stereocenters. The highest BCUT2D eigenvalue weighted by atomic mass is 79.9. The van der Waals surface area contributed by atoms with Gasteiger partial charge in [-0.2, -0.15) is 0 Å². The van der Waals surface area contributed by atoms with Crippen LogP contribution in [0.2, 0.25) is 0 Å². The molecule has 1 rings (SSSR count). The molecule has 3 heteroatoms. The molecule has 0 aliphatic rings. The molecule has 1 N–H and O–H groups in total. The Morgan fingerprint density at radius 1 is 1.17 bits per heavy atom. The molecule has 0 aliphatic heterocycles. The van der Waals surface area contributed by atoms with E-state index in [1.54, 1.807) is 0 Å². The fourth-order valence-electron chi connectivity index (χ4n) is 1.70. The predicted octanol–water partition coefficient (Wildman–Crippen LogP) is 4.16. The predicted molar refractivity (Wildman–Crippen MR) is 80.8 cm³/mol. The van der Waals surface area contributed by atoms with Gasteiger partial charge < -0.3 is 10.1 Å². The van der Waals surface area contributed by atoms with Crippen LogP contribution in [0.15, 0.2) is 28.7 Å². The molecule has 0 amide bonds. The van der Waals surface area contributed by atoms with E-state index in [0.717, 1.165) is 36.6 Å². The van der Waals surface area contributed by atoms with Gasteiger partial charge in [0.1, 0.15) is 0 Å². The first-order valence-electron chi connectivity index (χ1n) is 6.66. The van der Waals surface area contributed by atoms with E-state index in [4.69, 9.17) is 4.74 Å². The van der Waals surface area contributed by atoms with Crippen molar-refractivity contribution in [2.24, 2.45) is 5.92 Å². The Morgan fingerprint density at radius 3 is 2.56 bits per heavy atom. The van der Waals surface area contributed by atoms with Gasteiger partial charge in [0, 0.05) is 23.7 Å². The van der Waals surface area contributed by atoms with Crippen LogP contribution in [0.4, 0.5) is 0 Å². The van der Waals surface area contributed by atoms with Crippen molar-refractivity contribution in [3.05, 3.63) is 34.3 Å². The Kier molecular flexibility index (Phi) is 7.56. The van der Waals surface area contributed by atoms with E-state index in [1.807, 2.05) is 6.07 Å². The van der Waals surface area contributed by atoms with Gasteiger partial charge in [-0.3, -0.25) is 0 Å². The summed E-state index contributed by atoms with van der Waals surface area (Å²) in [5.74, 6) is 0.720. The van der Waals surface area contributed by atoms with Crippen molar-refractivity contribution in [2.45, 2.75) is 33.2 Å². The number of nitrogens with one attached hydrogen (secondary N) is 1. The van der Waals surface area contributed by atoms with Crippen molar-refractivity contribution in [3.8, 4) is 0 Å². The first-order valence-corrected chi connectivity index (χ1v) is 7.46. The summed E-state index contributed by atoms with van der Waals surface area (Å²) < 4.78 is 6.74. The third kappa shape index (κ3) is 5.98. The van der Waals surface area contributed by atoms with Gasteiger partial charge >= 0.3 is 0 Å². The Bertz CT molecular complexity index is 341. The van der Waals surface area contributed by atoms with Gasteiger partial charge in [-0.1, -0.05) is 48.0 Å². The number of hydrogen-bond acceptors (Lipinski definition) is 2. The topological polar surface area (TPSA) is 21.3 Å². The Hall–Kier alpha value is -0.380. The van der Waals surface area contributed by atoms with Crippen molar-refractivity contribution in [1.82, 2.24) is 5.32 Å². The third-order valence-corrected chi connectivity index (χ3v) is 3.63. The molecule has 0 spiro atoms. The van der Waals surface area contributed by atoms with Crippen LogP contribution in [-0.2, 0) is 4.74 Å². The van der Waals surface area contributed by atoms with Crippen LogP contribution in [-0.4, -0.2) is 19.8 Å². The van der Waals surface area contributed by atoms with E-state index in [1.165, 1.54) is 5.56 Å². The van der Waals surface area contributed by atoms with Crippen LogP contribution in [0.25, 0.3) is 0 Å². The molecule has 18 heavy (non-hydrogen) atoms. The summed E-state index contributed by atoms with van der Waals surface area (Å²) in [6.45, 7) is 9.15. The lowest BCUT2D eigenvalue weighted by Gasteiger charge is -2.16. The van der Waals surface area contributed by atoms with E-state index in [2.05, 4.69) is 60.2 Å². The van der Waals surface area contributed by atoms with E-state index in [-0.39, 0.29) is 0 Å². The van der Waals surface area contributed by atoms with Gasteiger partial charge in [0.25, 0.3) is 0 Å². The molecule has 1 aromatic rings. The monoisotopic (exact) mass is 313 g/mol. The van der Waals surface area contributed by atoms with Gasteiger partial charge in [0.05, 0.1) is 6.61 Å². The van der Waals surface area contributed by atoms with Crippen molar-refractivity contribution in [2.75, 3.05) is 19.8 Å². The molecular weight excluding hydrogens is 290 g/mol. The van der Waals surface area contributed by atoms with Crippen LogP contribution in [0.3, 0.4) is 0 Å². The van der Waals surface area contributed by atoms with E-state index >= 15 is 0 Å². The maximum atomic E-state index is 5.59. The number of halogens is 1. The normalized spacial score (nSPS) is 12.9. The second-order valence-electron chi connectivity index (χ2n) is 4.99. The van der Waals surface area contributed by atoms with Crippen LogP contribution < -0.4 is 5.32 Å². The summed E-state index contributed by atoms with van der Waals surface area (Å²) in [4.78, 5) is 0. The van der Waals surface area contributed by atoms with Crippen molar-refractivity contribution >= 4 is 15.9 Å². The zero-order chi connectivity index (χ0) is 13.4. The zero-order valence-corrected chi connectivity index (χ0v) is 13.2. The van der Waals surface area contributed by atoms with Crippen LogP contribution >= 0.6 is 15.9 Å². The molecule has 102 valence electrons. The maximum Gasteiger partial charge on any atom is 0.0591 e. The smallest absolute Gasteiger partial charge is 0.0591 e. The second kappa shape index (κ2) is 8.68. The molecule has 0 radical (unpaired) electrons. The largest absolute Gasteiger partial charge is 0.380 e. The molecule has 0 aliphatic carbocycles. The molecule has 1 unspecified atom stereocenters. The molecule has 0 bridgehead atoms. The average Bonchev–Trinajstić information content (AvgIpc) is 2.33. The molecule has 0 aromatic heterocycles. The highest BCUT2D eigenvalue weighted by Crippen LogP contribution is 2.22. The summed E-state index contributed by atoms with van der Waals surface area (Å²) in [6, 6.07) is 8.66. The van der Waals surface area contributed by atoms with Crippen molar-refractivity contribution in [1.29, 1.82) is 0 Å². The standard InChI is InChI=1S/C15H24BrNO/c1-12(2)8-10-18-11-9-17-13(3)14-6-4-5-7-15(14)16/h4-7,12-13,17H,8-11H2,1-3H3. The minimum atomic E-state index is 0.342. The summed E-state index contributed by atoms with van der Waals surface area (Å²) >= 11 is 3.58. The lowest BCUT2D eigenvalue weighted by molar-refractivity contribution is 0.123. The highest BCUT2D eigenvalue weighted by molar-refractivity contribution is 9.10. The van der Waals surface area contributed by atoms with Crippen LogP contribution in [0, 0.1) is 5.92 Å². The summed E-state index contributed by atoms with van der Waals surface area (Å²) in [5.41, 5.74) is 1.29. The lowest BCUT2D eigenvalue weighted by atomic mass is 10.1. The number of hydrogen-bond donors (Lipinski definition) is 1. The number of rotatable bonds is 8.